The number of alkyl halides is 3. The van der Waals surface area contributed by atoms with E-state index in [4.69, 9.17) is 9.84 Å². The molecule has 1 amide bonds. The Morgan fingerprint density at radius 2 is 1.83 bits per heavy atom. The zero-order valence-corrected chi connectivity index (χ0v) is 13.4. The zero-order valence-electron chi connectivity index (χ0n) is 13.4. The second-order valence-electron chi connectivity index (χ2n) is 5.46. The van der Waals surface area contributed by atoms with Gasteiger partial charge in [0.05, 0.1) is 5.56 Å². The van der Waals surface area contributed by atoms with Gasteiger partial charge in [0.15, 0.2) is 0 Å². The molecule has 2 atom stereocenters. The summed E-state index contributed by atoms with van der Waals surface area (Å²) in [5.41, 5.74) is -0.185. The Morgan fingerprint density at radius 3 is 2.29 bits per heavy atom. The van der Waals surface area contributed by atoms with E-state index in [0.29, 0.717) is 5.56 Å². The molecule has 0 saturated carbocycles. The van der Waals surface area contributed by atoms with E-state index in [1.165, 1.54) is 19.2 Å². The number of carbonyl (C=O) groups is 2. The number of carboxylic acids is 1. The number of nitrogens with one attached hydrogen (secondary N) is 1. The Hall–Kier alpha value is -2.09. The highest BCUT2D eigenvalue weighted by atomic mass is 19.4. The van der Waals surface area contributed by atoms with Crippen molar-refractivity contribution in [1.82, 2.24) is 5.32 Å². The number of halogens is 3. The van der Waals surface area contributed by atoms with E-state index in [1.807, 2.05) is 0 Å². The molecule has 1 rings (SSSR count). The second-order valence-corrected chi connectivity index (χ2v) is 5.46. The summed E-state index contributed by atoms with van der Waals surface area (Å²) >= 11 is 0. The molecule has 2 N–H and O–H groups in total. The van der Waals surface area contributed by atoms with Gasteiger partial charge >= 0.3 is 12.1 Å². The first-order valence-electron chi connectivity index (χ1n) is 7.33. The number of benzene rings is 1. The average molecular weight is 347 g/mol. The van der Waals surface area contributed by atoms with Gasteiger partial charge in [-0.2, -0.15) is 13.2 Å². The van der Waals surface area contributed by atoms with Crippen LogP contribution in [0.4, 0.5) is 13.2 Å². The maximum atomic E-state index is 12.5. The third-order valence-electron chi connectivity index (χ3n) is 3.54. The van der Waals surface area contributed by atoms with Crippen molar-refractivity contribution in [3.8, 4) is 0 Å². The lowest BCUT2D eigenvalue weighted by Gasteiger charge is -2.17. The lowest BCUT2D eigenvalue weighted by molar-refractivity contribution is -0.142. The number of carboxylic acid groups (broad SMARTS) is 1. The van der Waals surface area contributed by atoms with E-state index in [1.54, 1.807) is 6.92 Å². The van der Waals surface area contributed by atoms with Crippen LogP contribution in [0.15, 0.2) is 24.3 Å². The molecular formula is C16H20F3NO4. The van der Waals surface area contributed by atoms with Crippen molar-refractivity contribution in [3.63, 3.8) is 0 Å². The van der Waals surface area contributed by atoms with E-state index in [0.717, 1.165) is 12.1 Å². The van der Waals surface area contributed by atoms with Gasteiger partial charge in [0.2, 0.25) is 5.91 Å². The minimum atomic E-state index is -4.41. The van der Waals surface area contributed by atoms with Crippen LogP contribution in [0.3, 0.4) is 0 Å². The predicted molar refractivity (Wildman–Crippen MR) is 80.5 cm³/mol. The number of rotatable bonds is 8. The topological polar surface area (TPSA) is 75.6 Å². The van der Waals surface area contributed by atoms with Crippen LogP contribution < -0.4 is 5.32 Å². The minimum absolute atomic E-state index is 0.0257. The lowest BCUT2D eigenvalue weighted by atomic mass is 9.96. The monoisotopic (exact) mass is 347 g/mol. The Labute approximate surface area is 137 Å². The molecule has 5 nitrogen and oxygen atoms in total. The largest absolute Gasteiger partial charge is 0.480 e. The van der Waals surface area contributed by atoms with Crippen LogP contribution in [0.25, 0.3) is 0 Å². The van der Waals surface area contributed by atoms with Crippen molar-refractivity contribution in [2.24, 2.45) is 0 Å². The summed E-state index contributed by atoms with van der Waals surface area (Å²) in [6.45, 7) is 1.87. The van der Waals surface area contributed by atoms with Crippen molar-refractivity contribution in [2.75, 3.05) is 13.7 Å². The first-order valence-corrected chi connectivity index (χ1v) is 7.33. The van der Waals surface area contributed by atoms with Crippen LogP contribution >= 0.6 is 0 Å². The third-order valence-corrected chi connectivity index (χ3v) is 3.54. The molecule has 2 unspecified atom stereocenters. The summed E-state index contributed by atoms with van der Waals surface area (Å²) in [4.78, 5) is 23.0. The van der Waals surface area contributed by atoms with Crippen molar-refractivity contribution in [1.29, 1.82) is 0 Å². The maximum Gasteiger partial charge on any atom is 0.416 e. The van der Waals surface area contributed by atoms with Crippen molar-refractivity contribution in [3.05, 3.63) is 35.4 Å². The Bertz CT molecular complexity index is 557. The number of methoxy groups -OCH3 is 1. The summed E-state index contributed by atoms with van der Waals surface area (Å²) < 4.78 is 42.4. The summed E-state index contributed by atoms with van der Waals surface area (Å²) in [5, 5.41) is 11.4. The van der Waals surface area contributed by atoms with Crippen molar-refractivity contribution in [2.45, 2.75) is 37.9 Å². The van der Waals surface area contributed by atoms with Crippen molar-refractivity contribution >= 4 is 11.9 Å². The van der Waals surface area contributed by atoms with Crippen LogP contribution in [0.2, 0.25) is 0 Å². The van der Waals surface area contributed by atoms with E-state index in [9.17, 15) is 22.8 Å². The first kappa shape index (κ1) is 20.0. The van der Waals surface area contributed by atoms with E-state index >= 15 is 0 Å². The van der Waals surface area contributed by atoms with Gasteiger partial charge in [-0.3, -0.25) is 4.79 Å². The molecule has 1 aromatic carbocycles. The SMILES string of the molecule is COCCC(NC(=O)CC(C)c1ccc(C(F)(F)F)cc1)C(=O)O. The number of aliphatic carboxylic acids is 1. The number of carbonyl (C=O) groups excluding carboxylic acids is 1. The summed E-state index contributed by atoms with van der Waals surface area (Å²) in [6.07, 6.45) is -4.30. The quantitative estimate of drug-likeness (QED) is 0.758. The molecular weight excluding hydrogens is 327 g/mol. The molecule has 8 heteroatoms. The second kappa shape index (κ2) is 8.68. The average Bonchev–Trinajstić information content (AvgIpc) is 2.50. The zero-order chi connectivity index (χ0) is 18.3. The summed E-state index contributed by atoms with van der Waals surface area (Å²) in [6, 6.07) is 3.50. The van der Waals surface area contributed by atoms with Gasteiger partial charge in [-0.15, -0.1) is 0 Å². The van der Waals surface area contributed by atoms with Gasteiger partial charge in [-0.05, 0) is 23.6 Å². The van der Waals surface area contributed by atoms with Gasteiger partial charge in [0, 0.05) is 26.6 Å². The molecule has 0 heterocycles. The third kappa shape index (κ3) is 6.19. The van der Waals surface area contributed by atoms with Crippen molar-refractivity contribution < 1.29 is 32.6 Å². The van der Waals surface area contributed by atoms with Gasteiger partial charge < -0.3 is 15.2 Å². The molecule has 134 valence electrons. The fraction of sp³-hybridized carbons (Fsp3) is 0.500. The van der Waals surface area contributed by atoms with Crippen LogP contribution in [0.1, 0.15) is 36.8 Å². The molecule has 0 aliphatic rings. The lowest BCUT2D eigenvalue weighted by Crippen LogP contribution is -2.41. The summed E-state index contributed by atoms with van der Waals surface area (Å²) in [7, 11) is 1.42. The maximum absolute atomic E-state index is 12.5. The van der Waals surface area contributed by atoms with E-state index < -0.39 is 29.7 Å². The van der Waals surface area contributed by atoms with Gasteiger partial charge in [0.25, 0.3) is 0 Å². The Balaban J connectivity index is 2.64. The van der Waals surface area contributed by atoms with Crippen LogP contribution in [0, 0.1) is 0 Å². The molecule has 0 aromatic heterocycles. The molecule has 0 aliphatic heterocycles. The smallest absolute Gasteiger partial charge is 0.416 e. The summed E-state index contributed by atoms with van der Waals surface area (Å²) in [5.74, 6) is -1.99. The number of amides is 1. The molecule has 1 aromatic rings. The fourth-order valence-electron chi connectivity index (χ4n) is 2.14. The Kier molecular flexibility index (Phi) is 7.21. The number of hydrogen-bond acceptors (Lipinski definition) is 3. The molecule has 0 fully saturated rings. The van der Waals surface area contributed by atoms with Gasteiger partial charge in [-0.1, -0.05) is 19.1 Å². The first-order chi connectivity index (χ1) is 11.1. The highest BCUT2D eigenvalue weighted by Gasteiger charge is 2.30. The number of ether oxygens (including phenoxy) is 1. The predicted octanol–water partition coefficient (Wildman–Crippen LogP) is 2.80. The van der Waals surface area contributed by atoms with E-state index in [-0.39, 0.29) is 25.4 Å². The van der Waals surface area contributed by atoms with Gasteiger partial charge in [-0.25, -0.2) is 4.79 Å². The standard InChI is InChI=1S/C16H20F3NO4/c1-10(11-3-5-12(6-4-11)16(17,18)19)9-14(21)20-13(15(22)23)7-8-24-2/h3-6,10,13H,7-9H2,1-2H3,(H,20,21)(H,22,23). The van der Waals surface area contributed by atoms with Crippen LogP contribution in [-0.2, 0) is 20.5 Å². The molecule has 0 radical (unpaired) electrons. The Morgan fingerprint density at radius 1 is 1.25 bits per heavy atom. The minimum Gasteiger partial charge on any atom is -0.480 e. The molecule has 0 bridgehead atoms. The van der Waals surface area contributed by atoms with Crippen LogP contribution in [0.5, 0.6) is 0 Å². The normalized spacial score (nSPS) is 14.0. The molecule has 0 aliphatic carbocycles. The highest BCUT2D eigenvalue weighted by molar-refractivity contribution is 5.83. The highest BCUT2D eigenvalue weighted by Crippen LogP contribution is 2.30. The molecule has 0 spiro atoms. The van der Waals surface area contributed by atoms with E-state index in [2.05, 4.69) is 5.32 Å². The molecule has 0 saturated heterocycles. The van der Waals surface area contributed by atoms with Crippen LogP contribution in [-0.4, -0.2) is 36.7 Å². The van der Waals surface area contributed by atoms with Gasteiger partial charge in [0.1, 0.15) is 6.04 Å². The fourth-order valence-corrected chi connectivity index (χ4v) is 2.14. The number of hydrogen-bond donors (Lipinski definition) is 2. The molecule has 24 heavy (non-hydrogen) atoms.